The molecule has 0 radical (unpaired) electrons. The predicted molar refractivity (Wildman–Crippen MR) is 52.2 cm³/mol. The molecule has 2 saturated heterocycles. The van der Waals surface area contributed by atoms with Gasteiger partial charge in [0.15, 0.2) is 0 Å². The zero-order valence-corrected chi connectivity index (χ0v) is 8.64. The first-order valence-electron chi connectivity index (χ1n) is 5.39. The highest BCUT2D eigenvalue weighted by Crippen LogP contribution is 2.40. The maximum atomic E-state index is 2.75. The highest BCUT2D eigenvalue weighted by molar-refractivity contribution is 4.97. The molecule has 12 heavy (non-hydrogen) atoms. The van der Waals surface area contributed by atoms with E-state index >= 15 is 0 Å². The third kappa shape index (κ3) is 1.10. The quantitative estimate of drug-likeness (QED) is 0.536. The molecule has 0 aromatic heterocycles. The van der Waals surface area contributed by atoms with Crippen molar-refractivity contribution < 1.29 is 0 Å². The van der Waals surface area contributed by atoms with E-state index in [2.05, 4.69) is 25.7 Å². The Bertz CT molecular complexity index is 174. The van der Waals surface area contributed by atoms with Gasteiger partial charge in [-0.2, -0.15) is 0 Å². The van der Waals surface area contributed by atoms with Gasteiger partial charge in [0.1, 0.15) is 0 Å². The molecule has 0 amide bonds. The molecule has 0 saturated carbocycles. The molecule has 0 aromatic carbocycles. The summed E-state index contributed by atoms with van der Waals surface area (Å²) in [5.74, 6) is 0.881. The van der Waals surface area contributed by atoms with E-state index in [0.717, 1.165) is 12.0 Å². The molecule has 1 heteroatoms. The van der Waals surface area contributed by atoms with Crippen LogP contribution in [0.1, 0.15) is 46.5 Å². The van der Waals surface area contributed by atoms with Crippen molar-refractivity contribution in [3.05, 3.63) is 0 Å². The average Bonchev–Trinajstić information content (AvgIpc) is 2.46. The number of piperidine rings is 1. The molecule has 70 valence electrons. The van der Waals surface area contributed by atoms with E-state index in [4.69, 9.17) is 0 Å². The van der Waals surface area contributed by atoms with E-state index in [1.807, 2.05) is 0 Å². The van der Waals surface area contributed by atoms with Crippen molar-refractivity contribution in [2.75, 3.05) is 6.54 Å². The summed E-state index contributed by atoms with van der Waals surface area (Å²) >= 11 is 0. The van der Waals surface area contributed by atoms with Crippen LogP contribution in [0.15, 0.2) is 0 Å². The molecule has 2 heterocycles. The maximum Gasteiger partial charge on any atom is 0.0181 e. The van der Waals surface area contributed by atoms with Crippen molar-refractivity contribution in [2.45, 2.75) is 58.0 Å². The summed E-state index contributed by atoms with van der Waals surface area (Å²) in [5, 5.41) is 0. The lowest BCUT2D eigenvalue weighted by molar-refractivity contribution is 0.0119. The van der Waals surface area contributed by atoms with Crippen LogP contribution in [-0.4, -0.2) is 23.0 Å². The molecule has 2 fully saturated rings. The molecule has 2 unspecified atom stereocenters. The van der Waals surface area contributed by atoms with Gasteiger partial charge >= 0.3 is 0 Å². The van der Waals surface area contributed by atoms with Crippen LogP contribution in [0.3, 0.4) is 0 Å². The number of hydrogen-bond acceptors (Lipinski definition) is 1. The summed E-state index contributed by atoms with van der Waals surface area (Å²) in [6.07, 6.45) is 5.77. The van der Waals surface area contributed by atoms with Crippen LogP contribution in [0.2, 0.25) is 0 Å². The lowest BCUT2D eigenvalue weighted by Crippen LogP contribution is -2.54. The first kappa shape index (κ1) is 8.55. The smallest absolute Gasteiger partial charge is 0.0181 e. The zero-order chi connectivity index (χ0) is 8.77. The lowest BCUT2D eigenvalue weighted by Gasteiger charge is -2.48. The maximum absolute atomic E-state index is 2.75. The number of fused-ring (bicyclic) bond motifs is 1. The van der Waals surface area contributed by atoms with Gasteiger partial charge in [-0.05, 0) is 52.0 Å². The molecule has 0 N–H and O–H groups in total. The third-order valence-corrected chi connectivity index (χ3v) is 4.26. The second kappa shape index (κ2) is 2.73. The van der Waals surface area contributed by atoms with Crippen molar-refractivity contribution in [1.82, 2.24) is 4.90 Å². The van der Waals surface area contributed by atoms with Gasteiger partial charge in [-0.15, -0.1) is 0 Å². The lowest BCUT2D eigenvalue weighted by atomic mass is 9.78. The molecular formula is C11H21N. The fraction of sp³-hybridized carbons (Fsp3) is 1.00. The van der Waals surface area contributed by atoms with Crippen molar-refractivity contribution in [2.24, 2.45) is 5.92 Å². The van der Waals surface area contributed by atoms with E-state index in [1.165, 1.54) is 32.2 Å². The highest BCUT2D eigenvalue weighted by atomic mass is 15.2. The highest BCUT2D eigenvalue weighted by Gasteiger charge is 2.42. The molecule has 0 aliphatic carbocycles. The first-order chi connectivity index (χ1) is 5.62. The molecule has 2 atom stereocenters. The van der Waals surface area contributed by atoms with E-state index in [9.17, 15) is 0 Å². The summed E-state index contributed by atoms with van der Waals surface area (Å²) in [6.45, 7) is 8.61. The fourth-order valence-corrected chi connectivity index (χ4v) is 2.97. The molecule has 0 bridgehead atoms. The van der Waals surface area contributed by atoms with Gasteiger partial charge in [-0.1, -0.05) is 6.92 Å². The topological polar surface area (TPSA) is 3.24 Å². The Kier molecular flexibility index (Phi) is 1.95. The number of hydrogen-bond donors (Lipinski definition) is 0. The Balaban J connectivity index is 2.18. The van der Waals surface area contributed by atoms with Crippen LogP contribution in [0.4, 0.5) is 0 Å². The van der Waals surface area contributed by atoms with Gasteiger partial charge in [0.05, 0.1) is 0 Å². The van der Waals surface area contributed by atoms with Crippen molar-refractivity contribution in [1.29, 1.82) is 0 Å². The van der Waals surface area contributed by atoms with E-state index < -0.39 is 0 Å². The van der Waals surface area contributed by atoms with Crippen LogP contribution in [-0.2, 0) is 0 Å². The summed E-state index contributed by atoms with van der Waals surface area (Å²) in [5.41, 5.74) is 0.472. The predicted octanol–water partition coefficient (Wildman–Crippen LogP) is 2.66. The normalized spacial score (nSPS) is 41.2. The third-order valence-electron chi connectivity index (χ3n) is 4.26. The van der Waals surface area contributed by atoms with Gasteiger partial charge in [0, 0.05) is 11.6 Å². The van der Waals surface area contributed by atoms with Crippen molar-refractivity contribution in [3.63, 3.8) is 0 Å². The average molecular weight is 167 g/mol. The monoisotopic (exact) mass is 167 g/mol. The molecule has 0 spiro atoms. The number of rotatable bonds is 0. The Labute approximate surface area is 76.1 Å². The second-order valence-corrected chi connectivity index (χ2v) is 5.12. The zero-order valence-electron chi connectivity index (χ0n) is 8.64. The standard InChI is InChI=1S/C11H21N/c1-9-6-7-10-5-4-8-12(10)11(9,2)3/h9-10H,4-8H2,1-3H3. The second-order valence-electron chi connectivity index (χ2n) is 5.12. The van der Waals surface area contributed by atoms with Gasteiger partial charge in [0.2, 0.25) is 0 Å². The summed E-state index contributed by atoms with van der Waals surface area (Å²) in [4.78, 5) is 2.75. The molecule has 2 aliphatic heterocycles. The van der Waals surface area contributed by atoms with Crippen molar-refractivity contribution in [3.8, 4) is 0 Å². The van der Waals surface area contributed by atoms with Gasteiger partial charge in [-0.3, -0.25) is 4.90 Å². The molecule has 2 rings (SSSR count). The SMILES string of the molecule is CC1CCC2CCCN2C1(C)C. The summed E-state index contributed by atoms with van der Waals surface area (Å²) in [7, 11) is 0. The van der Waals surface area contributed by atoms with Crippen LogP contribution < -0.4 is 0 Å². The molecular weight excluding hydrogens is 146 g/mol. The van der Waals surface area contributed by atoms with Crippen LogP contribution >= 0.6 is 0 Å². The Hall–Kier alpha value is -0.0400. The molecule has 1 nitrogen and oxygen atoms in total. The van der Waals surface area contributed by atoms with E-state index in [-0.39, 0.29) is 0 Å². The Morgan fingerprint density at radius 1 is 1.17 bits per heavy atom. The van der Waals surface area contributed by atoms with Crippen LogP contribution in [0, 0.1) is 5.92 Å². The Morgan fingerprint density at radius 3 is 2.67 bits per heavy atom. The van der Waals surface area contributed by atoms with E-state index in [1.54, 1.807) is 0 Å². The summed E-state index contributed by atoms with van der Waals surface area (Å²) < 4.78 is 0. The Morgan fingerprint density at radius 2 is 1.92 bits per heavy atom. The first-order valence-corrected chi connectivity index (χ1v) is 5.39. The van der Waals surface area contributed by atoms with Gasteiger partial charge in [0.25, 0.3) is 0 Å². The van der Waals surface area contributed by atoms with Gasteiger partial charge < -0.3 is 0 Å². The molecule has 0 aromatic rings. The minimum Gasteiger partial charge on any atom is -0.295 e. The van der Waals surface area contributed by atoms with Crippen molar-refractivity contribution >= 4 is 0 Å². The van der Waals surface area contributed by atoms with Crippen LogP contribution in [0.25, 0.3) is 0 Å². The number of nitrogens with zero attached hydrogens (tertiary/aromatic N) is 1. The van der Waals surface area contributed by atoms with E-state index in [0.29, 0.717) is 5.54 Å². The minimum atomic E-state index is 0.472. The minimum absolute atomic E-state index is 0.472. The molecule has 2 aliphatic rings. The fourth-order valence-electron chi connectivity index (χ4n) is 2.97. The summed E-state index contributed by atoms with van der Waals surface area (Å²) in [6, 6.07) is 0.927. The largest absolute Gasteiger partial charge is 0.295 e. The van der Waals surface area contributed by atoms with Gasteiger partial charge in [-0.25, -0.2) is 0 Å². The van der Waals surface area contributed by atoms with Crippen LogP contribution in [0.5, 0.6) is 0 Å².